The van der Waals surface area contributed by atoms with Crippen LogP contribution in [-0.4, -0.2) is 48.0 Å². The topological polar surface area (TPSA) is 277 Å². The van der Waals surface area contributed by atoms with Crippen LogP contribution < -0.4 is 41.7 Å². The van der Waals surface area contributed by atoms with Crippen molar-refractivity contribution in [1.29, 1.82) is 0 Å². The van der Waals surface area contributed by atoms with E-state index in [0.717, 1.165) is 12.6 Å². The smallest absolute Gasteiger partial charge is 0.550 e. The molecule has 0 saturated heterocycles. The zero-order chi connectivity index (χ0) is 67.9. The van der Waals surface area contributed by atoms with E-state index in [9.17, 15) is 49.2 Å². The van der Waals surface area contributed by atoms with Crippen LogP contribution in [0, 0.1) is 0 Å². The number of Topliss-reactive ketones (excluding diaryl/α,β-unsaturated/α-hetero) is 2. The summed E-state index contributed by atoms with van der Waals surface area (Å²) in [6, 6.07) is 48.7. The fourth-order valence-electron chi connectivity index (χ4n) is 6.82. The summed E-state index contributed by atoms with van der Waals surface area (Å²) in [7, 11) is 0. The summed E-state index contributed by atoms with van der Waals surface area (Å²) in [5, 5.41) is 58.8. The second-order valence-corrected chi connectivity index (χ2v) is 21.3. The SMILES string of the molecule is CC(C)=O.CC(C)=O.CC=O.CC=O.O=C([O-])Cc1ccccc1Nc1c(Cl)cccc1Cl.O=C([O-])Cc1ccccc1Nc1c(Cl)cccc1Cl.O=C([O-])Cc1ccccc1Nc1c(Cl)cccc1Cl.O=C([O-])Cc1ccccc1Nc1c(Cl)cccc1Cl.[Cu+2].[Cu+2]. The number of para-hydroxylation sites is 8. The third kappa shape index (κ3) is 35.6. The molecule has 0 aliphatic heterocycles. The Labute approximate surface area is 595 Å². The first kappa shape index (κ1) is 86.9. The maximum absolute atomic E-state index is 10.7. The van der Waals surface area contributed by atoms with Crippen molar-refractivity contribution in [2.75, 3.05) is 21.3 Å². The van der Waals surface area contributed by atoms with Gasteiger partial charge in [0.15, 0.2) is 0 Å². The zero-order valence-electron chi connectivity index (χ0n) is 49.7. The summed E-state index contributed by atoms with van der Waals surface area (Å²) in [6.07, 6.45) is 0.799. The Hall–Kier alpha value is -7.12. The molecule has 92 heavy (non-hydrogen) atoms. The zero-order valence-corrected chi connectivity index (χ0v) is 57.6. The van der Waals surface area contributed by atoms with Gasteiger partial charge >= 0.3 is 34.1 Å². The van der Waals surface area contributed by atoms with Crippen LogP contribution in [-0.2, 0) is 98.2 Å². The standard InChI is InChI=1S/4C14H11Cl2NO2.2C3H6O.2C2H4O.2Cu/c4*15-10-5-3-6-11(16)14(10)17-12-7-2-1-4-9(12)8-13(18)19;2*1-3(2)4;2*1-2-3;;/h4*1-7,17H,8H2,(H,18,19);2*1-2H3;2*2H,1H3;;/q;;;;;;;;2*+2/p-4. The molecule has 0 unspecified atom stereocenters. The van der Waals surface area contributed by atoms with Gasteiger partial charge in [0, 0.05) is 72.3 Å². The van der Waals surface area contributed by atoms with E-state index in [2.05, 4.69) is 21.3 Å². The quantitative estimate of drug-likeness (QED) is 0.0517. The van der Waals surface area contributed by atoms with Crippen molar-refractivity contribution in [2.45, 2.75) is 67.2 Å². The van der Waals surface area contributed by atoms with Crippen molar-refractivity contribution in [2.24, 2.45) is 0 Å². The average molecular weight is 1510 g/mol. The molecule has 8 rings (SSSR count). The summed E-state index contributed by atoms with van der Waals surface area (Å²) in [6.45, 7) is 9.00. The van der Waals surface area contributed by atoms with Crippen molar-refractivity contribution in [3.05, 3.63) is 232 Å². The van der Waals surface area contributed by atoms with Gasteiger partial charge in [0.25, 0.3) is 0 Å². The van der Waals surface area contributed by atoms with E-state index in [1.807, 2.05) is 0 Å². The Morgan fingerprint density at radius 1 is 0.304 bits per heavy atom. The van der Waals surface area contributed by atoms with Crippen LogP contribution in [0.5, 0.6) is 0 Å². The third-order valence-corrected chi connectivity index (χ3v) is 12.8. The molecule has 494 valence electrons. The van der Waals surface area contributed by atoms with Crippen molar-refractivity contribution in [3.63, 3.8) is 0 Å². The number of benzene rings is 8. The van der Waals surface area contributed by atoms with Crippen LogP contribution in [0.1, 0.15) is 63.8 Å². The number of hydrogen-bond donors (Lipinski definition) is 4. The molecule has 0 spiro atoms. The molecular formula is C66H60Cl8Cu2N4O12. The van der Waals surface area contributed by atoms with E-state index in [1.54, 1.807) is 170 Å². The minimum Gasteiger partial charge on any atom is -0.550 e. The first-order valence-electron chi connectivity index (χ1n) is 26.3. The van der Waals surface area contributed by atoms with E-state index < -0.39 is 23.9 Å². The Balaban J connectivity index is 0. The Kier molecular flexibility index (Phi) is 45.9. The van der Waals surface area contributed by atoms with Crippen molar-refractivity contribution < 1.29 is 92.9 Å². The van der Waals surface area contributed by atoms with Crippen molar-refractivity contribution in [3.8, 4) is 0 Å². The number of aliphatic carboxylic acids is 4. The fourth-order valence-corrected chi connectivity index (χ4v) is 8.78. The van der Waals surface area contributed by atoms with Gasteiger partial charge < -0.3 is 80.0 Å². The Bertz CT molecular complexity index is 3140. The van der Waals surface area contributed by atoms with E-state index in [0.29, 0.717) is 108 Å². The van der Waals surface area contributed by atoms with Gasteiger partial charge in [-0.1, -0.05) is 190 Å². The van der Waals surface area contributed by atoms with Gasteiger partial charge in [-0.15, -0.1) is 0 Å². The van der Waals surface area contributed by atoms with Gasteiger partial charge in [0.1, 0.15) is 24.1 Å². The van der Waals surface area contributed by atoms with Crippen LogP contribution in [0.2, 0.25) is 40.2 Å². The number of rotatable bonds is 16. The van der Waals surface area contributed by atoms with Crippen LogP contribution in [0.4, 0.5) is 45.5 Å². The van der Waals surface area contributed by atoms with E-state index in [1.165, 1.54) is 41.5 Å². The molecule has 0 fully saturated rings. The molecule has 2 radical (unpaired) electrons. The first-order chi connectivity index (χ1) is 42.6. The van der Waals surface area contributed by atoms with Gasteiger partial charge in [-0.05, 0) is 137 Å². The molecule has 0 amide bonds. The number of carboxylic acids is 4. The molecule has 16 nitrogen and oxygen atoms in total. The summed E-state index contributed by atoms with van der Waals surface area (Å²) in [5.41, 5.74) is 7.21. The molecule has 0 heterocycles. The summed E-state index contributed by atoms with van der Waals surface area (Å²) in [5.74, 6) is -4.22. The van der Waals surface area contributed by atoms with Gasteiger partial charge in [0.05, 0.1) is 62.9 Å². The van der Waals surface area contributed by atoms with E-state index >= 15 is 0 Å². The number of anilines is 8. The van der Waals surface area contributed by atoms with Crippen molar-refractivity contribution in [1.82, 2.24) is 0 Å². The molecule has 0 atom stereocenters. The molecule has 26 heteroatoms. The summed E-state index contributed by atoms with van der Waals surface area (Å²) in [4.78, 5) is 79.4. The van der Waals surface area contributed by atoms with Crippen LogP contribution in [0.25, 0.3) is 0 Å². The van der Waals surface area contributed by atoms with E-state index in [-0.39, 0.29) is 71.4 Å². The number of carbonyl (C=O) groups is 8. The predicted molar refractivity (Wildman–Crippen MR) is 356 cm³/mol. The van der Waals surface area contributed by atoms with Gasteiger partial charge in [-0.3, -0.25) is 0 Å². The number of nitrogens with one attached hydrogen (secondary N) is 4. The normalized spacial score (nSPS) is 9.28. The van der Waals surface area contributed by atoms with E-state index in [4.69, 9.17) is 102 Å². The van der Waals surface area contributed by atoms with Crippen molar-refractivity contribution >= 4 is 186 Å². The number of ketones is 2. The fraction of sp³-hybridized carbons (Fsp3) is 0.152. The van der Waals surface area contributed by atoms with Gasteiger partial charge in [-0.25, -0.2) is 0 Å². The summed E-state index contributed by atoms with van der Waals surface area (Å²) < 4.78 is 0. The molecular weight excluding hydrogens is 1450 g/mol. The van der Waals surface area contributed by atoms with Gasteiger partial charge in [-0.2, -0.15) is 0 Å². The molecule has 8 aromatic rings. The monoisotopic (exact) mass is 1510 g/mol. The molecule has 0 saturated carbocycles. The molecule has 0 bridgehead atoms. The maximum atomic E-state index is 10.7. The maximum Gasteiger partial charge on any atom is 2.00 e. The second kappa shape index (κ2) is 48.6. The number of halogens is 8. The average Bonchev–Trinajstić information content (AvgIpc) is 1.09. The molecule has 0 aliphatic carbocycles. The molecule has 4 N–H and O–H groups in total. The number of hydrogen-bond acceptors (Lipinski definition) is 16. The molecule has 8 aromatic carbocycles. The summed E-state index contributed by atoms with van der Waals surface area (Å²) >= 11 is 48.5. The largest absolute Gasteiger partial charge is 2.00 e. The first-order valence-corrected chi connectivity index (χ1v) is 29.3. The third-order valence-electron chi connectivity index (χ3n) is 10.3. The van der Waals surface area contributed by atoms with Crippen LogP contribution in [0.3, 0.4) is 0 Å². The Morgan fingerprint density at radius 2 is 0.435 bits per heavy atom. The number of aldehydes is 2. The predicted octanol–water partition coefficient (Wildman–Crippen LogP) is 13.7. The second-order valence-electron chi connectivity index (χ2n) is 18.0. The molecule has 0 aliphatic rings. The van der Waals surface area contributed by atoms with Crippen LogP contribution >= 0.6 is 92.8 Å². The minimum absolute atomic E-state index is 0. The number of carbonyl (C=O) groups excluding carboxylic acids is 8. The number of carboxylic acid groups (broad SMARTS) is 4. The molecule has 0 aromatic heterocycles. The minimum atomic E-state index is -1.14. The van der Waals surface area contributed by atoms with Gasteiger partial charge in [0.2, 0.25) is 0 Å². The van der Waals surface area contributed by atoms with Crippen LogP contribution in [0.15, 0.2) is 170 Å². The Morgan fingerprint density at radius 3 is 0.565 bits per heavy atom.